The van der Waals surface area contributed by atoms with Crippen molar-refractivity contribution in [2.75, 3.05) is 0 Å². The van der Waals surface area contributed by atoms with E-state index in [1.807, 2.05) is 43.5 Å². The molecule has 0 amide bonds. The number of pyridine rings is 1. The summed E-state index contributed by atoms with van der Waals surface area (Å²) in [5.74, 6) is -0.476. The van der Waals surface area contributed by atoms with Gasteiger partial charge in [-0.05, 0) is 70.4 Å². The van der Waals surface area contributed by atoms with E-state index in [0.717, 1.165) is 11.1 Å². The summed E-state index contributed by atoms with van der Waals surface area (Å²) in [6.45, 7) is 1.92. The van der Waals surface area contributed by atoms with E-state index in [2.05, 4.69) is 20.5 Å². The lowest BCUT2D eigenvalue weighted by Gasteiger charge is -2.20. The molecular formula is C29H22ClN7O3. The van der Waals surface area contributed by atoms with Crippen LogP contribution in [0.3, 0.4) is 0 Å². The highest BCUT2D eigenvalue weighted by Gasteiger charge is 2.22. The molecule has 6 aromatic rings. The molecule has 10 nitrogen and oxygen atoms in total. The highest BCUT2D eigenvalue weighted by atomic mass is 35.5. The number of carboxylic acids is 1. The summed E-state index contributed by atoms with van der Waals surface area (Å²) >= 11 is 6.35. The Hall–Kier alpha value is -5.09. The van der Waals surface area contributed by atoms with Gasteiger partial charge < -0.3 is 14.7 Å². The largest absolute Gasteiger partial charge is 0.478 e. The van der Waals surface area contributed by atoms with Crippen molar-refractivity contribution >= 4 is 28.6 Å². The fourth-order valence-corrected chi connectivity index (χ4v) is 5.04. The first-order chi connectivity index (χ1) is 19.4. The molecule has 0 aliphatic carbocycles. The first-order valence-electron chi connectivity index (χ1n) is 12.4. The first kappa shape index (κ1) is 25.2. The van der Waals surface area contributed by atoms with Crippen molar-refractivity contribution in [3.05, 3.63) is 123 Å². The summed E-state index contributed by atoms with van der Waals surface area (Å²) in [7, 11) is 0. The van der Waals surface area contributed by atoms with E-state index in [-0.39, 0.29) is 11.1 Å². The van der Waals surface area contributed by atoms with Crippen molar-refractivity contribution in [3.8, 4) is 16.8 Å². The number of rotatable bonds is 7. The van der Waals surface area contributed by atoms with Gasteiger partial charge in [0.05, 0.1) is 28.3 Å². The minimum atomic E-state index is -1.02. The maximum absolute atomic E-state index is 13.8. The first-order valence-corrected chi connectivity index (χ1v) is 12.8. The van der Waals surface area contributed by atoms with Crippen LogP contribution in [0.1, 0.15) is 33.4 Å². The van der Waals surface area contributed by atoms with Gasteiger partial charge in [-0.25, -0.2) is 9.78 Å². The minimum Gasteiger partial charge on any atom is -0.478 e. The molecule has 11 heteroatoms. The van der Waals surface area contributed by atoms with E-state index in [4.69, 9.17) is 16.6 Å². The van der Waals surface area contributed by atoms with Gasteiger partial charge >= 0.3 is 5.97 Å². The van der Waals surface area contributed by atoms with E-state index >= 15 is 0 Å². The van der Waals surface area contributed by atoms with Crippen molar-refractivity contribution in [2.24, 2.45) is 0 Å². The van der Waals surface area contributed by atoms with Crippen molar-refractivity contribution in [2.45, 2.75) is 19.4 Å². The molecule has 1 atom stereocenters. The van der Waals surface area contributed by atoms with Gasteiger partial charge in [-0.2, -0.15) is 4.68 Å². The number of aromatic amines is 1. The smallest absolute Gasteiger partial charge is 0.335 e. The second-order valence-corrected chi connectivity index (χ2v) is 9.83. The van der Waals surface area contributed by atoms with Crippen molar-refractivity contribution in [1.82, 2.24) is 34.7 Å². The molecule has 0 aliphatic heterocycles. The normalized spacial score (nSPS) is 12.1. The Morgan fingerprint density at radius 3 is 2.62 bits per heavy atom. The van der Waals surface area contributed by atoms with E-state index in [1.165, 1.54) is 17.1 Å². The third-order valence-corrected chi connectivity index (χ3v) is 7.03. The number of halogens is 1. The molecule has 0 fully saturated rings. The summed E-state index contributed by atoms with van der Waals surface area (Å²) in [6.07, 6.45) is 3.78. The number of tetrazole rings is 1. The molecule has 6 rings (SSSR count). The summed E-state index contributed by atoms with van der Waals surface area (Å²) in [5, 5.41) is 21.4. The Morgan fingerprint density at radius 2 is 1.88 bits per heavy atom. The number of aryl methyl sites for hydroxylation is 1. The number of hydrogen-bond acceptors (Lipinski definition) is 6. The van der Waals surface area contributed by atoms with Gasteiger partial charge in [0.15, 0.2) is 0 Å². The van der Waals surface area contributed by atoms with Gasteiger partial charge in [0.1, 0.15) is 12.2 Å². The number of nitrogens with zero attached hydrogens (tertiary/aromatic N) is 6. The third-order valence-electron chi connectivity index (χ3n) is 6.79. The molecule has 3 heterocycles. The fourth-order valence-electron chi connectivity index (χ4n) is 4.87. The number of imidazole rings is 1. The van der Waals surface area contributed by atoms with Crippen LogP contribution in [0, 0.1) is 6.92 Å². The lowest BCUT2D eigenvalue weighted by atomic mass is 9.99. The molecule has 198 valence electrons. The number of benzene rings is 3. The monoisotopic (exact) mass is 551 g/mol. The molecule has 3 aromatic heterocycles. The van der Waals surface area contributed by atoms with Crippen LogP contribution >= 0.6 is 11.6 Å². The van der Waals surface area contributed by atoms with Crippen LogP contribution in [0.25, 0.3) is 27.8 Å². The van der Waals surface area contributed by atoms with Crippen LogP contribution in [-0.2, 0) is 6.42 Å². The molecular weight excluding hydrogens is 530 g/mol. The van der Waals surface area contributed by atoms with Gasteiger partial charge in [-0.3, -0.25) is 4.79 Å². The quantitative estimate of drug-likeness (QED) is 0.289. The van der Waals surface area contributed by atoms with Crippen LogP contribution in [0.5, 0.6) is 0 Å². The zero-order valence-corrected chi connectivity index (χ0v) is 21.9. The summed E-state index contributed by atoms with van der Waals surface area (Å²) in [5.41, 5.74) is 5.05. The van der Waals surface area contributed by atoms with E-state index in [0.29, 0.717) is 45.1 Å². The Labute approximate surface area is 232 Å². The molecule has 40 heavy (non-hydrogen) atoms. The molecule has 1 unspecified atom stereocenters. The zero-order chi connectivity index (χ0) is 27.8. The molecule has 3 aromatic carbocycles. The standard InChI is InChI=1S/C29H22ClN7O3/c1-17-15-36(27(38)14-21(17)22-13-20(30)8-10-25(22)37-16-31-34-35-37)26(11-18-5-3-2-4-6-18)28-32-23-9-7-19(29(39)40)12-24(23)33-28/h2-10,12-16,26H,11H2,1H3,(H,32,33)(H,39,40). The maximum Gasteiger partial charge on any atom is 0.335 e. The minimum absolute atomic E-state index is 0.152. The van der Waals surface area contributed by atoms with Crippen LogP contribution in [0.15, 0.2) is 90.1 Å². The van der Waals surface area contributed by atoms with Crippen molar-refractivity contribution < 1.29 is 9.90 Å². The lowest BCUT2D eigenvalue weighted by molar-refractivity contribution is 0.0697. The van der Waals surface area contributed by atoms with Crippen LogP contribution < -0.4 is 5.56 Å². The second-order valence-electron chi connectivity index (χ2n) is 9.40. The van der Waals surface area contributed by atoms with Crippen LogP contribution in [0.4, 0.5) is 0 Å². The van der Waals surface area contributed by atoms with Crippen LogP contribution in [0.2, 0.25) is 5.02 Å². The Balaban J connectivity index is 1.49. The number of hydrogen-bond donors (Lipinski definition) is 2. The number of aromatic carboxylic acids is 1. The van der Waals surface area contributed by atoms with Crippen molar-refractivity contribution in [1.29, 1.82) is 0 Å². The fraction of sp³-hybridized carbons (Fsp3) is 0.103. The molecule has 0 saturated carbocycles. The van der Waals surface area contributed by atoms with Gasteiger partial charge in [0.2, 0.25) is 0 Å². The molecule has 0 spiro atoms. The second kappa shape index (κ2) is 10.2. The summed E-state index contributed by atoms with van der Waals surface area (Å²) in [4.78, 5) is 33.3. The van der Waals surface area contributed by atoms with E-state index < -0.39 is 12.0 Å². The van der Waals surface area contributed by atoms with E-state index in [1.54, 1.807) is 41.0 Å². The SMILES string of the molecule is Cc1cn(C(Cc2ccccc2)c2nc3ccc(C(=O)O)cc3[nH]2)c(=O)cc1-c1cc(Cl)ccc1-n1cnnn1. The average Bonchev–Trinajstić information content (AvgIpc) is 3.63. The predicted molar refractivity (Wildman–Crippen MR) is 150 cm³/mol. The van der Waals surface area contributed by atoms with Gasteiger partial charge in [0, 0.05) is 29.3 Å². The predicted octanol–water partition coefficient (Wildman–Crippen LogP) is 4.86. The third kappa shape index (κ3) is 4.76. The van der Waals surface area contributed by atoms with Gasteiger partial charge in [-0.15, -0.1) is 5.10 Å². The van der Waals surface area contributed by atoms with Crippen LogP contribution in [-0.4, -0.2) is 45.8 Å². The Morgan fingerprint density at radius 1 is 1.05 bits per heavy atom. The lowest BCUT2D eigenvalue weighted by Crippen LogP contribution is -2.27. The Bertz CT molecular complexity index is 1910. The molecule has 2 N–H and O–H groups in total. The zero-order valence-electron chi connectivity index (χ0n) is 21.2. The molecule has 0 saturated heterocycles. The highest BCUT2D eigenvalue weighted by molar-refractivity contribution is 6.31. The average molecular weight is 552 g/mol. The van der Waals surface area contributed by atoms with Gasteiger partial charge in [-0.1, -0.05) is 41.9 Å². The number of carboxylic acid groups (broad SMARTS) is 1. The van der Waals surface area contributed by atoms with Gasteiger partial charge in [0.25, 0.3) is 5.56 Å². The Kier molecular flexibility index (Phi) is 6.45. The highest BCUT2D eigenvalue weighted by Crippen LogP contribution is 2.32. The molecule has 0 aliphatic rings. The van der Waals surface area contributed by atoms with Crippen molar-refractivity contribution in [3.63, 3.8) is 0 Å². The number of fused-ring (bicyclic) bond motifs is 1. The number of carbonyl (C=O) groups is 1. The number of H-pyrrole nitrogens is 1. The topological polar surface area (TPSA) is 132 Å². The summed E-state index contributed by atoms with van der Waals surface area (Å²) < 4.78 is 3.18. The number of aromatic nitrogens is 7. The molecule has 0 radical (unpaired) electrons. The summed E-state index contributed by atoms with van der Waals surface area (Å²) in [6, 6.07) is 21.0. The maximum atomic E-state index is 13.8. The van der Waals surface area contributed by atoms with E-state index in [9.17, 15) is 14.7 Å². The molecule has 0 bridgehead atoms. The number of nitrogens with one attached hydrogen (secondary N) is 1.